The third-order valence-corrected chi connectivity index (χ3v) is 4.38. The van der Waals surface area contributed by atoms with E-state index in [9.17, 15) is 0 Å². The smallest absolute Gasteiger partial charge is 0.114 e. The van der Waals surface area contributed by atoms with Gasteiger partial charge in [0.15, 0.2) is 0 Å². The number of oxime groups is 1. The molecule has 0 aliphatic heterocycles. The summed E-state index contributed by atoms with van der Waals surface area (Å²) in [5.41, 5.74) is 5.74. The van der Waals surface area contributed by atoms with Crippen LogP contribution in [-0.4, -0.2) is 12.8 Å². The zero-order valence-electron chi connectivity index (χ0n) is 16.2. The third kappa shape index (κ3) is 7.16. The van der Waals surface area contributed by atoms with E-state index in [0.29, 0.717) is 12.0 Å². The van der Waals surface area contributed by atoms with Crippen LogP contribution in [0.2, 0.25) is 0 Å². The molecule has 0 saturated carbocycles. The van der Waals surface area contributed by atoms with Crippen LogP contribution in [0.15, 0.2) is 63.9 Å². The monoisotopic (exact) mass is 327 g/mol. The van der Waals surface area contributed by atoms with Crippen molar-refractivity contribution < 1.29 is 4.84 Å². The van der Waals surface area contributed by atoms with E-state index < -0.39 is 0 Å². The summed E-state index contributed by atoms with van der Waals surface area (Å²) in [6, 6.07) is 0. The van der Waals surface area contributed by atoms with Crippen molar-refractivity contribution in [3.05, 3.63) is 58.7 Å². The lowest BCUT2D eigenvalue weighted by atomic mass is 9.72. The van der Waals surface area contributed by atoms with Crippen molar-refractivity contribution in [2.45, 2.75) is 60.8 Å². The maximum atomic E-state index is 4.92. The van der Waals surface area contributed by atoms with E-state index in [1.807, 2.05) is 19.9 Å². The van der Waals surface area contributed by atoms with Gasteiger partial charge in [-0.25, -0.2) is 0 Å². The fourth-order valence-electron chi connectivity index (χ4n) is 2.95. The van der Waals surface area contributed by atoms with Crippen molar-refractivity contribution >= 4 is 6.21 Å². The SMILES string of the molecule is CCO/N=C/C=C(C)/C=C/C=C(C)/C=C/C1=C(C)CCCC1(C)C. The molecule has 0 radical (unpaired) electrons. The van der Waals surface area contributed by atoms with E-state index in [1.54, 1.807) is 11.8 Å². The van der Waals surface area contributed by atoms with Crippen molar-refractivity contribution in [1.29, 1.82) is 0 Å². The van der Waals surface area contributed by atoms with Crippen LogP contribution < -0.4 is 0 Å². The molecule has 0 spiro atoms. The van der Waals surface area contributed by atoms with Crippen molar-refractivity contribution in [3.63, 3.8) is 0 Å². The van der Waals surface area contributed by atoms with E-state index in [0.717, 1.165) is 5.57 Å². The first-order valence-corrected chi connectivity index (χ1v) is 8.92. The van der Waals surface area contributed by atoms with Crippen molar-refractivity contribution in [3.8, 4) is 0 Å². The minimum absolute atomic E-state index is 0.300. The van der Waals surface area contributed by atoms with Gasteiger partial charge in [-0.3, -0.25) is 0 Å². The quantitative estimate of drug-likeness (QED) is 0.295. The Bertz CT molecular complexity index is 583. The summed E-state index contributed by atoms with van der Waals surface area (Å²) >= 11 is 0. The number of allylic oxidation sites excluding steroid dienone is 10. The predicted octanol–water partition coefficient (Wildman–Crippen LogP) is 6.54. The molecule has 2 heteroatoms. The van der Waals surface area contributed by atoms with Crippen LogP contribution in [0.4, 0.5) is 0 Å². The maximum Gasteiger partial charge on any atom is 0.114 e. The van der Waals surface area contributed by atoms with Crippen molar-refractivity contribution in [2.24, 2.45) is 10.6 Å². The van der Waals surface area contributed by atoms with Crippen LogP contribution in [0.3, 0.4) is 0 Å². The Morgan fingerprint density at radius 3 is 2.54 bits per heavy atom. The van der Waals surface area contributed by atoms with E-state index in [2.05, 4.69) is 63.2 Å². The van der Waals surface area contributed by atoms with Crippen LogP contribution in [-0.2, 0) is 4.84 Å². The highest BCUT2D eigenvalue weighted by Crippen LogP contribution is 2.40. The normalized spacial score (nSPS) is 19.9. The Kier molecular flexibility index (Phi) is 8.53. The molecule has 132 valence electrons. The Morgan fingerprint density at radius 1 is 1.17 bits per heavy atom. The molecule has 0 unspecified atom stereocenters. The molecule has 0 heterocycles. The van der Waals surface area contributed by atoms with Gasteiger partial charge >= 0.3 is 0 Å². The molecule has 0 bridgehead atoms. The first-order valence-electron chi connectivity index (χ1n) is 8.92. The molecule has 0 atom stereocenters. The van der Waals surface area contributed by atoms with Gasteiger partial charge in [0, 0.05) is 0 Å². The second-order valence-corrected chi connectivity index (χ2v) is 7.12. The summed E-state index contributed by atoms with van der Waals surface area (Å²) in [6.07, 6.45) is 18.3. The summed E-state index contributed by atoms with van der Waals surface area (Å²) in [5, 5.41) is 3.81. The first-order chi connectivity index (χ1) is 11.4. The largest absolute Gasteiger partial charge is 0.396 e. The maximum absolute atomic E-state index is 4.92. The number of rotatable bonds is 7. The third-order valence-electron chi connectivity index (χ3n) is 4.38. The molecule has 2 nitrogen and oxygen atoms in total. The van der Waals surface area contributed by atoms with Gasteiger partial charge < -0.3 is 4.84 Å². The minimum Gasteiger partial charge on any atom is -0.396 e. The molecule has 0 fully saturated rings. The predicted molar refractivity (Wildman–Crippen MR) is 106 cm³/mol. The van der Waals surface area contributed by atoms with Gasteiger partial charge in [-0.1, -0.05) is 60.5 Å². The molecule has 0 aromatic heterocycles. The van der Waals surface area contributed by atoms with Gasteiger partial charge in [0.25, 0.3) is 0 Å². The van der Waals surface area contributed by atoms with Gasteiger partial charge in [0.1, 0.15) is 6.61 Å². The average molecular weight is 328 g/mol. The standard InChI is InChI=1S/C22H33NO/c1-7-24-23-17-15-19(3)11-8-10-18(2)13-14-21-20(4)12-9-16-22(21,5)6/h8,10-11,13-15,17H,7,9,12,16H2,1-6H3/b11-8+,14-13+,18-10+,19-15+,23-17+. The summed E-state index contributed by atoms with van der Waals surface area (Å²) in [6.45, 7) is 13.7. The summed E-state index contributed by atoms with van der Waals surface area (Å²) in [4.78, 5) is 4.92. The van der Waals surface area contributed by atoms with Crippen LogP contribution in [0.1, 0.15) is 60.8 Å². The highest BCUT2D eigenvalue weighted by Gasteiger charge is 2.26. The fourth-order valence-corrected chi connectivity index (χ4v) is 2.95. The van der Waals surface area contributed by atoms with Gasteiger partial charge in [0.2, 0.25) is 0 Å². The Hall–Kier alpha value is -1.83. The molecule has 24 heavy (non-hydrogen) atoms. The topological polar surface area (TPSA) is 21.6 Å². The molecular formula is C22H33NO. The number of nitrogens with zero attached hydrogens (tertiary/aromatic N) is 1. The van der Waals surface area contributed by atoms with Gasteiger partial charge in [-0.05, 0) is 69.6 Å². The highest BCUT2D eigenvalue weighted by atomic mass is 16.6. The number of hydrogen-bond donors (Lipinski definition) is 0. The lowest BCUT2D eigenvalue weighted by molar-refractivity contribution is 0.160. The molecule has 0 N–H and O–H groups in total. The zero-order chi connectivity index (χ0) is 18.0. The molecule has 0 saturated heterocycles. The Labute approximate surface area is 148 Å². The second-order valence-electron chi connectivity index (χ2n) is 7.12. The average Bonchev–Trinajstić information content (AvgIpc) is 2.50. The minimum atomic E-state index is 0.300. The summed E-state index contributed by atoms with van der Waals surface area (Å²) < 4.78 is 0. The van der Waals surface area contributed by atoms with Gasteiger partial charge in [-0.2, -0.15) is 0 Å². The van der Waals surface area contributed by atoms with E-state index >= 15 is 0 Å². The van der Waals surface area contributed by atoms with E-state index in [-0.39, 0.29) is 0 Å². The molecule has 1 aliphatic carbocycles. The van der Waals surface area contributed by atoms with Crippen LogP contribution >= 0.6 is 0 Å². The lowest BCUT2D eigenvalue weighted by Crippen LogP contribution is -2.19. The lowest BCUT2D eigenvalue weighted by Gasteiger charge is -2.32. The van der Waals surface area contributed by atoms with E-state index in [4.69, 9.17) is 4.84 Å². The van der Waals surface area contributed by atoms with Crippen molar-refractivity contribution in [2.75, 3.05) is 6.61 Å². The molecule has 1 rings (SSSR count). The van der Waals surface area contributed by atoms with E-state index in [1.165, 1.54) is 30.4 Å². The summed E-state index contributed by atoms with van der Waals surface area (Å²) in [5.74, 6) is 0. The highest BCUT2D eigenvalue weighted by molar-refractivity contribution is 5.72. The fraction of sp³-hybridized carbons (Fsp3) is 0.500. The van der Waals surface area contributed by atoms with Crippen LogP contribution in [0.25, 0.3) is 0 Å². The Balaban J connectivity index is 2.68. The van der Waals surface area contributed by atoms with Crippen LogP contribution in [0, 0.1) is 5.41 Å². The van der Waals surface area contributed by atoms with Gasteiger partial charge in [0.05, 0.1) is 6.21 Å². The zero-order valence-corrected chi connectivity index (χ0v) is 16.2. The number of hydrogen-bond acceptors (Lipinski definition) is 2. The first kappa shape index (κ1) is 20.2. The van der Waals surface area contributed by atoms with Crippen LogP contribution in [0.5, 0.6) is 0 Å². The molecule has 0 aromatic rings. The van der Waals surface area contributed by atoms with Crippen molar-refractivity contribution in [1.82, 2.24) is 0 Å². The Morgan fingerprint density at radius 2 is 1.88 bits per heavy atom. The molecule has 0 aromatic carbocycles. The van der Waals surface area contributed by atoms with Gasteiger partial charge in [-0.15, -0.1) is 0 Å². The molecular weight excluding hydrogens is 294 g/mol. The second kappa shape index (κ2) is 10.1. The molecule has 1 aliphatic rings. The summed E-state index contributed by atoms with van der Waals surface area (Å²) in [7, 11) is 0. The molecule has 0 amide bonds.